The van der Waals surface area contributed by atoms with Crippen LogP contribution >= 0.6 is 0 Å². The number of hydrogen-bond donors (Lipinski definition) is 0. The van der Waals surface area contributed by atoms with Crippen LogP contribution in [0.3, 0.4) is 0 Å². The zero-order chi connectivity index (χ0) is 13.4. The Morgan fingerprint density at radius 2 is 1.89 bits per heavy atom. The van der Waals surface area contributed by atoms with Gasteiger partial charge in [0.2, 0.25) is 11.8 Å². The molecule has 0 spiro atoms. The van der Waals surface area contributed by atoms with Gasteiger partial charge in [-0.05, 0) is 12.1 Å². The molecule has 3 amide bonds. The maximum atomic E-state index is 12.0. The highest BCUT2D eigenvalue weighted by Gasteiger charge is 2.42. The third kappa shape index (κ3) is 1.99. The number of pyridine rings is 1. The van der Waals surface area contributed by atoms with Gasteiger partial charge in [0.15, 0.2) is 0 Å². The second-order valence-electron chi connectivity index (χ2n) is 4.76. The van der Waals surface area contributed by atoms with Crippen LogP contribution in [0.1, 0.15) is 23.2 Å². The number of hydrogen-bond acceptors (Lipinski definition) is 4. The predicted molar refractivity (Wildman–Crippen MR) is 65.0 cm³/mol. The predicted octanol–water partition coefficient (Wildman–Crippen LogP) is 0.0550. The minimum atomic E-state index is -0.150. The molecule has 98 valence electrons. The van der Waals surface area contributed by atoms with Gasteiger partial charge in [0, 0.05) is 38.3 Å². The Bertz CT molecular complexity index is 521. The summed E-state index contributed by atoms with van der Waals surface area (Å²) >= 11 is 0. The zero-order valence-corrected chi connectivity index (χ0v) is 10.3. The van der Waals surface area contributed by atoms with E-state index in [1.54, 1.807) is 23.2 Å². The fourth-order valence-corrected chi connectivity index (χ4v) is 2.46. The highest BCUT2D eigenvalue weighted by Crippen LogP contribution is 2.23. The summed E-state index contributed by atoms with van der Waals surface area (Å²) in [5.41, 5.74) is 0.528. The fourth-order valence-electron chi connectivity index (χ4n) is 2.46. The van der Waals surface area contributed by atoms with Crippen LogP contribution in [-0.2, 0) is 9.59 Å². The topological polar surface area (TPSA) is 70.6 Å². The van der Waals surface area contributed by atoms with E-state index in [0.29, 0.717) is 31.5 Å². The quantitative estimate of drug-likeness (QED) is 0.704. The van der Waals surface area contributed by atoms with Crippen LogP contribution in [0.4, 0.5) is 0 Å². The maximum Gasteiger partial charge on any atom is 0.255 e. The zero-order valence-electron chi connectivity index (χ0n) is 10.3. The van der Waals surface area contributed by atoms with E-state index in [1.165, 1.54) is 11.1 Å². The molecule has 3 rings (SSSR count). The maximum absolute atomic E-state index is 12.0. The summed E-state index contributed by atoms with van der Waals surface area (Å²) in [6.07, 6.45) is 3.72. The van der Waals surface area contributed by atoms with E-state index >= 15 is 0 Å². The molecule has 0 radical (unpaired) electrons. The molecule has 2 saturated heterocycles. The standard InChI is InChI=1S/C13H13N3O3/c17-11-3-4-12(18)16(11)10-7-15(8-10)13(19)9-2-1-5-14-6-9/h1-2,5-6,10H,3-4,7-8H2. The second-order valence-corrected chi connectivity index (χ2v) is 4.76. The van der Waals surface area contributed by atoms with Crippen LogP contribution in [0.15, 0.2) is 24.5 Å². The number of imide groups is 1. The van der Waals surface area contributed by atoms with Crippen LogP contribution in [0, 0.1) is 0 Å². The summed E-state index contributed by atoms with van der Waals surface area (Å²) in [6.45, 7) is 0.844. The largest absolute Gasteiger partial charge is 0.334 e. The molecule has 1 aromatic rings. The lowest BCUT2D eigenvalue weighted by Gasteiger charge is -2.42. The normalized spacial score (nSPS) is 19.8. The van der Waals surface area contributed by atoms with Crippen molar-refractivity contribution in [1.29, 1.82) is 0 Å². The molecule has 2 aliphatic heterocycles. The Morgan fingerprint density at radius 3 is 2.47 bits per heavy atom. The number of likely N-dealkylation sites (tertiary alicyclic amines) is 2. The lowest BCUT2D eigenvalue weighted by Crippen LogP contribution is -2.62. The molecule has 2 fully saturated rings. The molecule has 1 aromatic heterocycles. The van der Waals surface area contributed by atoms with Crippen LogP contribution in [0.5, 0.6) is 0 Å². The SMILES string of the molecule is O=C(c1cccnc1)N1CC(N2C(=O)CCC2=O)C1. The highest BCUT2D eigenvalue weighted by molar-refractivity contribution is 6.03. The van der Waals surface area contributed by atoms with Crippen molar-refractivity contribution in [2.24, 2.45) is 0 Å². The van der Waals surface area contributed by atoms with Crippen LogP contribution in [0.25, 0.3) is 0 Å². The lowest BCUT2D eigenvalue weighted by molar-refractivity contribution is -0.144. The van der Waals surface area contributed by atoms with Crippen molar-refractivity contribution in [2.45, 2.75) is 18.9 Å². The van der Waals surface area contributed by atoms with E-state index in [2.05, 4.69) is 4.98 Å². The average Bonchev–Trinajstić information content (AvgIpc) is 2.70. The molecule has 6 nitrogen and oxygen atoms in total. The first-order valence-electron chi connectivity index (χ1n) is 6.21. The Kier molecular flexibility index (Phi) is 2.77. The molecule has 0 atom stereocenters. The van der Waals surface area contributed by atoms with E-state index in [1.807, 2.05) is 0 Å². The molecule has 6 heteroatoms. The molecule has 0 N–H and O–H groups in total. The lowest BCUT2D eigenvalue weighted by atomic mass is 10.1. The van der Waals surface area contributed by atoms with E-state index in [9.17, 15) is 14.4 Å². The van der Waals surface area contributed by atoms with Crippen LogP contribution < -0.4 is 0 Å². The number of rotatable bonds is 2. The van der Waals surface area contributed by atoms with Crippen molar-refractivity contribution >= 4 is 17.7 Å². The van der Waals surface area contributed by atoms with Gasteiger partial charge in [0.25, 0.3) is 5.91 Å². The van der Waals surface area contributed by atoms with E-state index < -0.39 is 0 Å². The Hall–Kier alpha value is -2.24. The van der Waals surface area contributed by atoms with Gasteiger partial charge in [-0.15, -0.1) is 0 Å². The van der Waals surface area contributed by atoms with Crippen LogP contribution in [-0.4, -0.2) is 51.6 Å². The monoisotopic (exact) mass is 259 g/mol. The van der Waals surface area contributed by atoms with Gasteiger partial charge in [-0.25, -0.2) is 0 Å². The van der Waals surface area contributed by atoms with Gasteiger partial charge in [-0.1, -0.05) is 0 Å². The van der Waals surface area contributed by atoms with E-state index in [-0.39, 0.29) is 23.8 Å². The fraction of sp³-hybridized carbons (Fsp3) is 0.385. The summed E-state index contributed by atoms with van der Waals surface area (Å²) in [6, 6.07) is 3.26. The van der Waals surface area contributed by atoms with Gasteiger partial charge in [0.05, 0.1) is 11.6 Å². The molecule has 3 heterocycles. The first-order valence-corrected chi connectivity index (χ1v) is 6.21. The number of carbonyl (C=O) groups is 3. The molecule has 0 unspecified atom stereocenters. The number of amides is 3. The van der Waals surface area contributed by atoms with E-state index in [0.717, 1.165) is 0 Å². The van der Waals surface area contributed by atoms with Crippen LogP contribution in [0.2, 0.25) is 0 Å². The van der Waals surface area contributed by atoms with Gasteiger partial charge < -0.3 is 4.90 Å². The third-order valence-corrected chi connectivity index (χ3v) is 3.51. The molecule has 0 aromatic carbocycles. The minimum absolute atomic E-state index is 0.108. The minimum Gasteiger partial charge on any atom is -0.334 e. The van der Waals surface area contributed by atoms with Crippen molar-refractivity contribution in [3.8, 4) is 0 Å². The number of nitrogens with zero attached hydrogens (tertiary/aromatic N) is 3. The number of carbonyl (C=O) groups excluding carboxylic acids is 3. The second kappa shape index (κ2) is 4.46. The van der Waals surface area contributed by atoms with Crippen molar-refractivity contribution in [2.75, 3.05) is 13.1 Å². The molecule has 0 bridgehead atoms. The van der Waals surface area contributed by atoms with Gasteiger partial charge in [-0.3, -0.25) is 24.3 Å². The first kappa shape index (κ1) is 11.8. The number of aromatic nitrogens is 1. The van der Waals surface area contributed by atoms with Crippen molar-refractivity contribution in [3.63, 3.8) is 0 Å². The van der Waals surface area contributed by atoms with Crippen molar-refractivity contribution in [1.82, 2.24) is 14.8 Å². The van der Waals surface area contributed by atoms with E-state index in [4.69, 9.17) is 0 Å². The summed E-state index contributed by atoms with van der Waals surface area (Å²) < 4.78 is 0. The smallest absolute Gasteiger partial charge is 0.255 e. The summed E-state index contributed by atoms with van der Waals surface area (Å²) in [5.74, 6) is -0.351. The summed E-state index contributed by atoms with van der Waals surface area (Å²) in [4.78, 5) is 42.0. The van der Waals surface area contributed by atoms with Crippen molar-refractivity contribution in [3.05, 3.63) is 30.1 Å². The average molecular weight is 259 g/mol. The molecule has 19 heavy (non-hydrogen) atoms. The molecule has 0 aliphatic carbocycles. The van der Waals surface area contributed by atoms with Gasteiger partial charge in [-0.2, -0.15) is 0 Å². The van der Waals surface area contributed by atoms with Gasteiger partial charge in [0.1, 0.15) is 0 Å². The van der Waals surface area contributed by atoms with Gasteiger partial charge >= 0.3 is 0 Å². The first-order chi connectivity index (χ1) is 9.16. The molecule has 2 aliphatic rings. The van der Waals surface area contributed by atoms with Crippen molar-refractivity contribution < 1.29 is 14.4 Å². The molecule has 0 saturated carbocycles. The summed E-state index contributed by atoms with van der Waals surface area (Å²) in [7, 11) is 0. The molecular formula is C13H13N3O3. The molecular weight excluding hydrogens is 246 g/mol. The third-order valence-electron chi connectivity index (χ3n) is 3.51. The summed E-state index contributed by atoms with van der Waals surface area (Å²) in [5, 5.41) is 0. The highest BCUT2D eigenvalue weighted by atomic mass is 16.2. The Morgan fingerprint density at radius 1 is 1.21 bits per heavy atom. The Labute approximate surface area is 110 Å². The Balaban J connectivity index is 1.63.